The molecule has 1 saturated carbocycles. The molecule has 4 nitrogen and oxygen atoms in total. The summed E-state index contributed by atoms with van der Waals surface area (Å²) in [5, 5.41) is 9.07. The minimum atomic E-state index is -3.45. The highest BCUT2D eigenvalue weighted by Crippen LogP contribution is 2.34. The van der Waals surface area contributed by atoms with Gasteiger partial charge < -0.3 is 5.11 Å². The molecule has 106 valence electrons. The summed E-state index contributed by atoms with van der Waals surface area (Å²) in [4.78, 5) is 0.282. The first kappa shape index (κ1) is 15.0. The van der Waals surface area contributed by atoms with Crippen molar-refractivity contribution in [3.8, 4) is 0 Å². The van der Waals surface area contributed by atoms with E-state index in [1.54, 1.807) is 22.5 Å². The van der Waals surface area contributed by atoms with Crippen molar-refractivity contribution in [3.63, 3.8) is 0 Å². The van der Waals surface area contributed by atoms with Crippen LogP contribution in [0.4, 0.5) is 0 Å². The lowest BCUT2D eigenvalue weighted by Crippen LogP contribution is -2.34. The summed E-state index contributed by atoms with van der Waals surface area (Å²) >= 11 is 3.30. The van der Waals surface area contributed by atoms with Gasteiger partial charge in [-0.05, 0) is 52.9 Å². The average molecular weight is 348 g/mol. The van der Waals surface area contributed by atoms with Crippen LogP contribution in [0.15, 0.2) is 27.6 Å². The van der Waals surface area contributed by atoms with Crippen LogP contribution in [0.1, 0.15) is 31.7 Å². The van der Waals surface area contributed by atoms with Gasteiger partial charge in [-0.3, -0.25) is 0 Å². The third kappa shape index (κ3) is 3.18. The molecule has 6 heteroatoms. The first-order valence-corrected chi connectivity index (χ1v) is 8.65. The molecule has 0 aromatic heterocycles. The molecule has 1 aliphatic carbocycles. The van der Waals surface area contributed by atoms with Crippen molar-refractivity contribution < 1.29 is 13.5 Å². The molecule has 1 aromatic rings. The summed E-state index contributed by atoms with van der Waals surface area (Å²) in [6, 6.07) is 5.03. The molecule has 0 bridgehead atoms. The Morgan fingerprint density at radius 2 is 2.11 bits per heavy atom. The number of hydrogen-bond donors (Lipinski definition) is 1. The molecule has 0 spiro atoms. The van der Waals surface area contributed by atoms with Gasteiger partial charge in [0.1, 0.15) is 0 Å². The highest BCUT2D eigenvalue weighted by atomic mass is 79.9. The van der Waals surface area contributed by atoms with Crippen LogP contribution in [-0.4, -0.2) is 30.4 Å². The van der Waals surface area contributed by atoms with Crippen LogP contribution in [0.5, 0.6) is 0 Å². The second kappa shape index (κ2) is 5.91. The normalized spacial score (nSPS) is 16.0. The number of rotatable bonds is 6. The van der Waals surface area contributed by atoms with E-state index in [4.69, 9.17) is 5.11 Å². The molecule has 1 N–H and O–H groups in total. The molecule has 0 atom stereocenters. The first-order chi connectivity index (χ1) is 9.00. The number of aliphatic hydroxyl groups is 1. The summed E-state index contributed by atoms with van der Waals surface area (Å²) in [5.74, 6) is 0. The van der Waals surface area contributed by atoms with Crippen LogP contribution in [0.25, 0.3) is 0 Å². The minimum Gasteiger partial charge on any atom is -0.392 e. The molecular formula is C13H18BrNO3S. The third-order valence-corrected chi connectivity index (χ3v) is 6.09. The monoisotopic (exact) mass is 347 g/mol. The fourth-order valence-corrected chi connectivity index (χ4v) is 4.92. The van der Waals surface area contributed by atoms with Gasteiger partial charge in [-0.25, -0.2) is 8.42 Å². The molecule has 0 radical (unpaired) electrons. The van der Waals surface area contributed by atoms with Gasteiger partial charge in [-0.1, -0.05) is 13.0 Å². The quantitative estimate of drug-likeness (QED) is 0.859. The highest BCUT2D eigenvalue weighted by molar-refractivity contribution is 9.10. The van der Waals surface area contributed by atoms with Crippen LogP contribution < -0.4 is 0 Å². The van der Waals surface area contributed by atoms with Crippen molar-refractivity contribution in [2.24, 2.45) is 0 Å². The van der Waals surface area contributed by atoms with Crippen molar-refractivity contribution in [3.05, 3.63) is 28.2 Å². The van der Waals surface area contributed by atoms with Gasteiger partial charge >= 0.3 is 0 Å². The molecule has 0 amide bonds. The Hall–Kier alpha value is -0.430. The number of sulfonamides is 1. The van der Waals surface area contributed by atoms with Gasteiger partial charge in [0.25, 0.3) is 0 Å². The van der Waals surface area contributed by atoms with E-state index in [1.165, 1.54) is 0 Å². The maximum Gasteiger partial charge on any atom is 0.244 e. The Balaban J connectivity index is 2.37. The molecule has 2 rings (SSSR count). The van der Waals surface area contributed by atoms with E-state index < -0.39 is 10.0 Å². The van der Waals surface area contributed by atoms with Gasteiger partial charge in [-0.2, -0.15) is 4.31 Å². The van der Waals surface area contributed by atoms with Crippen LogP contribution in [0.2, 0.25) is 0 Å². The molecule has 0 heterocycles. The van der Waals surface area contributed by atoms with Gasteiger partial charge in [0.05, 0.1) is 11.5 Å². The predicted molar refractivity (Wildman–Crippen MR) is 77.3 cm³/mol. The lowest BCUT2D eigenvalue weighted by molar-refractivity contribution is 0.281. The van der Waals surface area contributed by atoms with Crippen LogP contribution in [-0.2, 0) is 16.6 Å². The number of halogens is 1. The minimum absolute atomic E-state index is 0.0970. The topological polar surface area (TPSA) is 57.6 Å². The summed E-state index contributed by atoms with van der Waals surface area (Å²) in [5.41, 5.74) is 0.694. The zero-order chi connectivity index (χ0) is 14.0. The Kier molecular flexibility index (Phi) is 4.66. The lowest BCUT2D eigenvalue weighted by Gasteiger charge is -2.22. The molecule has 0 aliphatic heterocycles. The maximum absolute atomic E-state index is 12.7. The molecule has 1 fully saturated rings. The Labute approximate surface area is 122 Å². The van der Waals surface area contributed by atoms with Gasteiger partial charge in [-0.15, -0.1) is 0 Å². The molecule has 19 heavy (non-hydrogen) atoms. The third-order valence-electron chi connectivity index (χ3n) is 3.16. The second-order valence-electron chi connectivity index (χ2n) is 4.77. The zero-order valence-electron chi connectivity index (χ0n) is 10.8. The maximum atomic E-state index is 12.7. The van der Waals surface area contributed by atoms with Crippen molar-refractivity contribution in [1.29, 1.82) is 0 Å². The second-order valence-corrected chi connectivity index (χ2v) is 7.48. The SMILES string of the molecule is CCCN(C1CC1)S(=O)(=O)c1ccc(CO)cc1Br. The Morgan fingerprint density at radius 1 is 1.42 bits per heavy atom. The van der Waals surface area contributed by atoms with Crippen LogP contribution in [0.3, 0.4) is 0 Å². The van der Waals surface area contributed by atoms with Crippen molar-refractivity contribution >= 4 is 26.0 Å². The summed E-state index contributed by atoms with van der Waals surface area (Å²) in [7, 11) is -3.45. The van der Waals surface area contributed by atoms with E-state index in [9.17, 15) is 8.42 Å². The van der Waals surface area contributed by atoms with Gasteiger partial charge in [0, 0.05) is 17.1 Å². The first-order valence-electron chi connectivity index (χ1n) is 6.41. The van der Waals surface area contributed by atoms with E-state index in [0.29, 0.717) is 16.6 Å². The largest absolute Gasteiger partial charge is 0.392 e. The van der Waals surface area contributed by atoms with E-state index in [0.717, 1.165) is 19.3 Å². The van der Waals surface area contributed by atoms with Crippen molar-refractivity contribution in [1.82, 2.24) is 4.31 Å². The highest BCUT2D eigenvalue weighted by Gasteiger charge is 2.38. The Morgan fingerprint density at radius 3 is 2.58 bits per heavy atom. The van der Waals surface area contributed by atoms with E-state index >= 15 is 0 Å². The summed E-state index contributed by atoms with van der Waals surface area (Å²) in [6.07, 6.45) is 2.71. The van der Waals surface area contributed by atoms with E-state index in [2.05, 4.69) is 15.9 Å². The summed E-state index contributed by atoms with van der Waals surface area (Å²) in [6.45, 7) is 2.44. The van der Waals surface area contributed by atoms with Gasteiger partial charge in [0.15, 0.2) is 0 Å². The molecule has 1 aliphatic rings. The molecule has 0 unspecified atom stereocenters. The van der Waals surface area contributed by atoms with Crippen molar-refractivity contribution in [2.75, 3.05) is 6.54 Å². The van der Waals surface area contributed by atoms with Crippen LogP contribution >= 0.6 is 15.9 Å². The predicted octanol–water partition coefficient (Wildman–Crippen LogP) is 2.50. The fourth-order valence-electron chi connectivity index (χ4n) is 2.06. The molecule has 0 saturated heterocycles. The van der Waals surface area contributed by atoms with E-state index in [-0.39, 0.29) is 17.5 Å². The lowest BCUT2D eigenvalue weighted by atomic mass is 10.2. The average Bonchev–Trinajstić information content (AvgIpc) is 3.19. The zero-order valence-corrected chi connectivity index (χ0v) is 13.2. The number of nitrogens with zero attached hydrogens (tertiary/aromatic N) is 1. The fraction of sp³-hybridized carbons (Fsp3) is 0.538. The number of hydrogen-bond acceptors (Lipinski definition) is 3. The van der Waals surface area contributed by atoms with E-state index in [1.807, 2.05) is 6.92 Å². The number of aliphatic hydroxyl groups excluding tert-OH is 1. The Bertz CT molecular complexity index is 555. The standard InChI is InChI=1S/C13H18BrNO3S/c1-2-7-15(11-4-5-11)19(17,18)13-6-3-10(9-16)8-12(13)14/h3,6,8,11,16H,2,4-5,7,9H2,1H3. The summed E-state index contributed by atoms with van der Waals surface area (Å²) < 4.78 is 27.4. The van der Waals surface area contributed by atoms with Gasteiger partial charge in [0.2, 0.25) is 10.0 Å². The number of benzene rings is 1. The van der Waals surface area contributed by atoms with Crippen molar-refractivity contribution in [2.45, 2.75) is 43.7 Å². The smallest absolute Gasteiger partial charge is 0.244 e. The van der Waals surface area contributed by atoms with Crippen LogP contribution in [0, 0.1) is 0 Å². The molecule has 1 aromatic carbocycles. The molecular weight excluding hydrogens is 330 g/mol.